The van der Waals surface area contributed by atoms with Gasteiger partial charge in [-0.15, -0.1) is 5.10 Å². The predicted octanol–water partition coefficient (Wildman–Crippen LogP) is 6.65. The van der Waals surface area contributed by atoms with Crippen molar-refractivity contribution in [3.05, 3.63) is 75.4 Å². The van der Waals surface area contributed by atoms with Gasteiger partial charge in [-0.2, -0.15) is 0 Å². The van der Waals surface area contributed by atoms with Crippen molar-refractivity contribution in [2.75, 3.05) is 5.32 Å². The molecule has 29 heavy (non-hydrogen) atoms. The van der Waals surface area contributed by atoms with Crippen LogP contribution in [0.2, 0.25) is 5.02 Å². The Labute approximate surface area is 177 Å². The highest BCUT2D eigenvalue weighted by atomic mass is 35.5. The van der Waals surface area contributed by atoms with E-state index < -0.39 is 11.6 Å². The van der Waals surface area contributed by atoms with Gasteiger partial charge >= 0.3 is 0 Å². The van der Waals surface area contributed by atoms with Crippen LogP contribution in [0.4, 0.5) is 14.5 Å². The standard InChI is InChI=1S/C21H20ClF2N3OS/c22-16-7-5-14(6-8-16)13-1-3-15(4-2-13)20-26-27(21(29)28-20)12-25-19-10-17(23)9-18(24)11-19/h5-11,13,15,25H,1-4,12H2. The topological polar surface area (TPSA) is 43.0 Å². The maximum absolute atomic E-state index is 13.3. The predicted molar refractivity (Wildman–Crippen MR) is 111 cm³/mol. The second-order valence-corrected chi connectivity index (χ2v) is 8.08. The molecule has 0 aliphatic heterocycles. The second kappa shape index (κ2) is 8.63. The molecule has 0 amide bonds. The highest BCUT2D eigenvalue weighted by molar-refractivity contribution is 7.71. The van der Waals surface area contributed by atoms with Gasteiger partial charge in [0.2, 0.25) is 5.89 Å². The SMILES string of the molecule is Fc1cc(F)cc(NCn2nc(C3CCC(c4ccc(Cl)cc4)CC3)oc2=S)c1. The van der Waals surface area contributed by atoms with Gasteiger partial charge in [-0.3, -0.25) is 0 Å². The first-order valence-corrected chi connectivity index (χ1v) is 10.3. The molecular weight excluding hydrogens is 416 g/mol. The van der Waals surface area contributed by atoms with Crippen molar-refractivity contribution in [2.45, 2.75) is 44.2 Å². The number of halogens is 3. The number of nitrogens with one attached hydrogen (secondary N) is 1. The van der Waals surface area contributed by atoms with Crippen molar-refractivity contribution < 1.29 is 13.2 Å². The van der Waals surface area contributed by atoms with Crippen molar-refractivity contribution in [2.24, 2.45) is 0 Å². The highest BCUT2D eigenvalue weighted by Gasteiger charge is 2.27. The second-order valence-electron chi connectivity index (χ2n) is 7.30. The summed E-state index contributed by atoms with van der Waals surface area (Å²) in [6.45, 7) is 0.172. The molecule has 0 spiro atoms. The molecule has 1 N–H and O–H groups in total. The Morgan fingerprint density at radius 1 is 1.03 bits per heavy atom. The third-order valence-corrected chi connectivity index (χ3v) is 5.88. The molecule has 4 nitrogen and oxygen atoms in total. The molecule has 0 bridgehead atoms. The maximum Gasteiger partial charge on any atom is 0.288 e. The molecular formula is C21H20ClF2N3OS. The molecule has 3 aromatic rings. The number of anilines is 1. The number of aromatic nitrogens is 2. The van der Waals surface area contributed by atoms with Crippen LogP contribution in [0.3, 0.4) is 0 Å². The number of nitrogens with zero attached hydrogens (tertiary/aromatic N) is 2. The van der Waals surface area contributed by atoms with Crippen LogP contribution in [0.5, 0.6) is 0 Å². The Morgan fingerprint density at radius 2 is 1.66 bits per heavy atom. The molecule has 1 aliphatic carbocycles. The molecule has 2 aromatic carbocycles. The lowest BCUT2D eigenvalue weighted by Crippen LogP contribution is -2.14. The van der Waals surface area contributed by atoms with Gasteiger partial charge in [0.15, 0.2) is 0 Å². The van der Waals surface area contributed by atoms with Crippen LogP contribution in [-0.4, -0.2) is 9.78 Å². The van der Waals surface area contributed by atoms with Crippen LogP contribution >= 0.6 is 23.8 Å². The third kappa shape index (κ3) is 4.85. The van der Waals surface area contributed by atoms with Crippen LogP contribution in [0.1, 0.15) is 49.0 Å². The molecule has 1 heterocycles. The van der Waals surface area contributed by atoms with E-state index in [1.807, 2.05) is 12.1 Å². The number of rotatable bonds is 5. The molecule has 1 aromatic heterocycles. The molecule has 0 atom stereocenters. The van der Waals surface area contributed by atoms with Gasteiger partial charge in [-0.1, -0.05) is 23.7 Å². The third-order valence-electron chi connectivity index (χ3n) is 5.34. The van der Waals surface area contributed by atoms with E-state index in [9.17, 15) is 8.78 Å². The molecule has 0 saturated heterocycles. The minimum atomic E-state index is -0.644. The summed E-state index contributed by atoms with van der Waals surface area (Å²) in [5.41, 5.74) is 1.63. The van der Waals surface area contributed by atoms with Crippen molar-refractivity contribution >= 4 is 29.5 Å². The van der Waals surface area contributed by atoms with Crippen LogP contribution in [0, 0.1) is 16.5 Å². The summed E-state index contributed by atoms with van der Waals surface area (Å²) in [5.74, 6) is 0.0618. The largest absolute Gasteiger partial charge is 0.414 e. The van der Waals surface area contributed by atoms with Crippen LogP contribution in [0.25, 0.3) is 0 Å². The van der Waals surface area contributed by atoms with Crippen LogP contribution in [0.15, 0.2) is 46.9 Å². The lowest BCUT2D eigenvalue weighted by molar-refractivity contribution is 0.336. The fourth-order valence-electron chi connectivity index (χ4n) is 3.82. The summed E-state index contributed by atoms with van der Waals surface area (Å²) in [5, 5.41) is 8.15. The average molecular weight is 436 g/mol. The van der Waals surface area contributed by atoms with Gasteiger partial charge in [0.05, 0.1) is 0 Å². The van der Waals surface area contributed by atoms with E-state index in [0.717, 1.165) is 36.8 Å². The van der Waals surface area contributed by atoms with Crippen LogP contribution in [-0.2, 0) is 6.67 Å². The molecule has 0 unspecified atom stereocenters. The van der Waals surface area contributed by atoms with Gasteiger partial charge in [0, 0.05) is 22.7 Å². The minimum Gasteiger partial charge on any atom is -0.414 e. The summed E-state index contributed by atoms with van der Waals surface area (Å²) < 4.78 is 33.8. The Hall–Kier alpha value is -2.25. The Bertz CT molecular complexity index is 1020. The fraction of sp³-hybridized carbons (Fsp3) is 0.333. The smallest absolute Gasteiger partial charge is 0.288 e. The molecule has 1 saturated carbocycles. The monoisotopic (exact) mass is 435 g/mol. The quantitative estimate of drug-likeness (QED) is 0.456. The number of hydrogen-bond donors (Lipinski definition) is 1. The van der Waals surface area contributed by atoms with Crippen molar-refractivity contribution in [1.82, 2.24) is 9.78 Å². The molecule has 152 valence electrons. The number of hydrogen-bond acceptors (Lipinski definition) is 4. The summed E-state index contributed by atoms with van der Waals surface area (Å²) >= 11 is 11.2. The molecule has 8 heteroatoms. The Balaban J connectivity index is 1.38. The van der Waals surface area contributed by atoms with E-state index >= 15 is 0 Å². The van der Waals surface area contributed by atoms with Crippen molar-refractivity contribution in [3.63, 3.8) is 0 Å². The normalized spacial score (nSPS) is 19.3. The number of benzene rings is 2. The van der Waals surface area contributed by atoms with Gasteiger partial charge in [0.1, 0.15) is 18.3 Å². The van der Waals surface area contributed by atoms with E-state index in [0.29, 0.717) is 17.5 Å². The van der Waals surface area contributed by atoms with E-state index in [1.165, 1.54) is 22.4 Å². The van der Waals surface area contributed by atoms with E-state index in [4.69, 9.17) is 28.2 Å². The zero-order valence-corrected chi connectivity index (χ0v) is 17.1. The van der Waals surface area contributed by atoms with Gasteiger partial charge in [-0.05, 0) is 73.6 Å². The lowest BCUT2D eigenvalue weighted by Gasteiger charge is -2.26. The summed E-state index contributed by atoms with van der Waals surface area (Å²) in [6, 6.07) is 11.3. The zero-order valence-electron chi connectivity index (χ0n) is 15.6. The molecule has 0 radical (unpaired) electrons. The summed E-state index contributed by atoms with van der Waals surface area (Å²) in [7, 11) is 0. The zero-order chi connectivity index (χ0) is 20.4. The summed E-state index contributed by atoms with van der Waals surface area (Å²) in [4.78, 5) is 0.240. The molecule has 1 fully saturated rings. The first-order valence-electron chi connectivity index (χ1n) is 9.51. The summed E-state index contributed by atoms with van der Waals surface area (Å²) in [6.07, 6.45) is 4.01. The molecule has 1 aliphatic rings. The highest BCUT2D eigenvalue weighted by Crippen LogP contribution is 2.40. The van der Waals surface area contributed by atoms with E-state index in [-0.39, 0.29) is 17.4 Å². The first kappa shape index (κ1) is 20.0. The van der Waals surface area contributed by atoms with Crippen molar-refractivity contribution in [3.8, 4) is 0 Å². The minimum absolute atomic E-state index is 0.172. The van der Waals surface area contributed by atoms with E-state index in [2.05, 4.69) is 22.5 Å². The van der Waals surface area contributed by atoms with Gasteiger partial charge in [-0.25, -0.2) is 13.5 Å². The van der Waals surface area contributed by atoms with Gasteiger partial charge < -0.3 is 9.73 Å². The fourth-order valence-corrected chi connectivity index (χ4v) is 4.13. The van der Waals surface area contributed by atoms with Crippen LogP contribution < -0.4 is 5.32 Å². The van der Waals surface area contributed by atoms with Crippen molar-refractivity contribution in [1.29, 1.82) is 0 Å². The maximum atomic E-state index is 13.3. The van der Waals surface area contributed by atoms with Gasteiger partial charge in [0.25, 0.3) is 4.84 Å². The van der Waals surface area contributed by atoms with E-state index in [1.54, 1.807) is 0 Å². The Morgan fingerprint density at radius 3 is 2.31 bits per heavy atom. The first-order chi connectivity index (χ1) is 14.0. The molecule has 4 rings (SSSR count). The Kier molecular flexibility index (Phi) is 5.96. The lowest BCUT2D eigenvalue weighted by atomic mass is 9.79. The average Bonchev–Trinajstić information content (AvgIpc) is 3.07.